The molecule has 2 aromatic rings. The Morgan fingerprint density at radius 3 is 2.95 bits per heavy atom. The zero-order chi connectivity index (χ0) is 14.2. The molecule has 0 spiro atoms. The number of unbranched alkanes of at least 4 members (excludes halogenated alkanes) is 1. The SMILES string of the molecule is CCCCSN(F)S1(C)c2ccc(-c3cccs3)nc21. The molecule has 1 atom stereocenters. The van der Waals surface area contributed by atoms with Gasteiger partial charge in [-0.3, -0.25) is 0 Å². The van der Waals surface area contributed by atoms with Crippen molar-refractivity contribution in [3.8, 4) is 10.6 Å². The van der Waals surface area contributed by atoms with Crippen molar-refractivity contribution < 1.29 is 4.48 Å². The maximum absolute atomic E-state index is 14.4. The fraction of sp³-hybridized carbons (Fsp3) is 0.357. The van der Waals surface area contributed by atoms with E-state index in [2.05, 4.69) is 18.0 Å². The van der Waals surface area contributed by atoms with Crippen LogP contribution in [-0.4, -0.2) is 20.9 Å². The van der Waals surface area contributed by atoms with Gasteiger partial charge >= 0.3 is 0 Å². The third kappa shape index (κ3) is 2.39. The first-order chi connectivity index (χ1) is 9.67. The van der Waals surface area contributed by atoms with E-state index in [-0.39, 0.29) is 0 Å². The number of thiophene rings is 1. The van der Waals surface area contributed by atoms with Crippen molar-refractivity contribution in [3.63, 3.8) is 0 Å². The zero-order valence-electron chi connectivity index (χ0n) is 11.5. The van der Waals surface area contributed by atoms with Crippen molar-refractivity contribution in [3.05, 3.63) is 29.6 Å². The number of rotatable bonds is 6. The van der Waals surface area contributed by atoms with Gasteiger partial charge < -0.3 is 0 Å². The lowest BCUT2D eigenvalue weighted by Gasteiger charge is -2.21. The number of pyridine rings is 1. The van der Waals surface area contributed by atoms with Crippen LogP contribution in [0.3, 0.4) is 0 Å². The van der Waals surface area contributed by atoms with E-state index in [0.29, 0.717) is 0 Å². The second-order valence-corrected chi connectivity index (χ2v) is 9.82. The Labute approximate surface area is 128 Å². The summed E-state index contributed by atoms with van der Waals surface area (Å²) in [6.07, 6.45) is 4.13. The number of fused-ring (bicyclic) bond motifs is 1. The molecule has 0 aliphatic carbocycles. The topological polar surface area (TPSA) is 16.1 Å². The molecule has 0 fully saturated rings. The van der Waals surface area contributed by atoms with Crippen LogP contribution >= 0.6 is 33.5 Å². The smallest absolute Gasteiger partial charge is 0.113 e. The van der Waals surface area contributed by atoms with Crippen molar-refractivity contribution in [1.82, 2.24) is 8.92 Å². The minimum Gasteiger partial charge on any atom is -0.239 e. The van der Waals surface area contributed by atoms with Crippen LogP contribution in [0.1, 0.15) is 19.8 Å². The highest BCUT2D eigenvalue weighted by Crippen LogP contribution is 2.79. The predicted octanol–water partition coefficient (Wildman–Crippen LogP) is 5.53. The molecule has 6 heteroatoms. The highest BCUT2D eigenvalue weighted by atomic mass is 32.3. The van der Waals surface area contributed by atoms with Crippen LogP contribution in [0.5, 0.6) is 0 Å². The molecular weight excluding hydrogens is 311 g/mol. The fourth-order valence-electron chi connectivity index (χ4n) is 2.03. The molecule has 1 unspecified atom stereocenters. The Morgan fingerprint density at radius 1 is 1.40 bits per heavy atom. The van der Waals surface area contributed by atoms with Crippen molar-refractivity contribution in [2.45, 2.75) is 29.7 Å². The fourth-order valence-corrected chi connectivity index (χ4v) is 6.76. The summed E-state index contributed by atoms with van der Waals surface area (Å²) in [5.41, 5.74) is 0.960. The second kappa shape index (κ2) is 5.67. The zero-order valence-corrected chi connectivity index (χ0v) is 14.0. The minimum absolute atomic E-state index is 0.835. The Kier molecular flexibility index (Phi) is 4.08. The van der Waals surface area contributed by atoms with Crippen LogP contribution < -0.4 is 0 Å². The largest absolute Gasteiger partial charge is 0.239 e. The van der Waals surface area contributed by atoms with Crippen LogP contribution in [0.4, 0.5) is 4.48 Å². The van der Waals surface area contributed by atoms with E-state index in [1.54, 1.807) is 11.3 Å². The van der Waals surface area contributed by atoms with Gasteiger partial charge in [-0.1, -0.05) is 29.6 Å². The molecule has 0 amide bonds. The number of halogens is 1. The van der Waals surface area contributed by atoms with Gasteiger partial charge in [-0.25, -0.2) is 4.98 Å². The summed E-state index contributed by atoms with van der Waals surface area (Å²) < 4.78 is 15.3. The summed E-state index contributed by atoms with van der Waals surface area (Å²) in [5.74, 6) is 0.835. The first-order valence-electron chi connectivity index (χ1n) is 6.60. The van der Waals surface area contributed by atoms with E-state index < -0.39 is 10.2 Å². The molecule has 2 aromatic heterocycles. The van der Waals surface area contributed by atoms with E-state index >= 15 is 0 Å². The number of nitrogens with zero attached hydrogens (tertiary/aromatic N) is 2. The van der Waals surface area contributed by atoms with Crippen molar-refractivity contribution in [1.29, 1.82) is 0 Å². The quantitative estimate of drug-likeness (QED) is 0.300. The Balaban J connectivity index is 1.76. The van der Waals surface area contributed by atoms with Gasteiger partial charge in [0, 0.05) is 10.6 Å². The summed E-state index contributed by atoms with van der Waals surface area (Å²) in [7, 11) is -1.58. The van der Waals surface area contributed by atoms with Crippen molar-refractivity contribution in [2.24, 2.45) is 0 Å². The lowest BCUT2D eigenvalue weighted by Crippen LogP contribution is -2.02. The lowest BCUT2D eigenvalue weighted by atomic mass is 10.3. The average Bonchev–Trinajstić information content (AvgIpc) is 2.85. The van der Waals surface area contributed by atoms with E-state index in [1.165, 1.54) is 11.9 Å². The first-order valence-corrected chi connectivity index (χ1v) is 10.4. The molecule has 0 aromatic carbocycles. The van der Waals surface area contributed by atoms with Gasteiger partial charge in [0.15, 0.2) is 0 Å². The van der Waals surface area contributed by atoms with Gasteiger partial charge in [0.2, 0.25) is 0 Å². The molecule has 0 radical (unpaired) electrons. The van der Waals surface area contributed by atoms with Crippen LogP contribution in [0.15, 0.2) is 39.6 Å². The molecule has 1 aliphatic heterocycles. The molecule has 1 aliphatic rings. The normalized spacial score (nSPS) is 23.4. The molecular formula is C14H17FN2S3. The van der Waals surface area contributed by atoms with E-state index in [4.69, 9.17) is 0 Å². The number of hydrogen-bond acceptors (Lipinski definition) is 4. The summed E-state index contributed by atoms with van der Waals surface area (Å²) >= 11 is 2.96. The Morgan fingerprint density at radius 2 is 2.25 bits per heavy atom. The highest BCUT2D eigenvalue weighted by molar-refractivity contribution is 8.40. The first kappa shape index (κ1) is 14.4. The van der Waals surface area contributed by atoms with E-state index in [9.17, 15) is 4.48 Å². The molecule has 2 nitrogen and oxygen atoms in total. The summed E-state index contributed by atoms with van der Waals surface area (Å²) in [4.78, 5) is 6.89. The van der Waals surface area contributed by atoms with Gasteiger partial charge in [-0.2, -0.15) is 0 Å². The highest BCUT2D eigenvalue weighted by Gasteiger charge is 2.50. The number of aromatic nitrogens is 1. The second-order valence-electron chi connectivity index (χ2n) is 4.75. The molecule has 0 saturated heterocycles. The van der Waals surface area contributed by atoms with Gasteiger partial charge in [0.05, 0.1) is 10.6 Å². The molecule has 0 saturated carbocycles. The lowest BCUT2D eigenvalue weighted by molar-refractivity contribution is 0.297. The molecule has 0 N–H and O–H groups in total. The maximum atomic E-state index is 14.4. The summed E-state index contributed by atoms with van der Waals surface area (Å²) in [6.45, 7) is 2.12. The van der Waals surface area contributed by atoms with Crippen LogP contribution in [0, 0.1) is 0 Å². The molecule has 20 heavy (non-hydrogen) atoms. The molecule has 3 heterocycles. The number of hydrogen-bond donors (Lipinski definition) is 0. The Bertz CT molecular complexity index is 602. The molecule has 108 valence electrons. The summed E-state index contributed by atoms with van der Waals surface area (Å²) in [6, 6.07) is 8.12. The summed E-state index contributed by atoms with van der Waals surface area (Å²) in [5, 5.41) is 2.99. The minimum atomic E-state index is -1.58. The van der Waals surface area contributed by atoms with Gasteiger partial charge in [-0.15, -0.1) is 15.8 Å². The standard InChI is InChI=1S/C14H17FN2S3/c1-3-4-10-19-17(15)20(2)13-8-7-11(16-14(13)20)12-6-5-9-18-12/h5-9H,3-4,10H2,1-2H3. The van der Waals surface area contributed by atoms with Crippen LogP contribution in [0.25, 0.3) is 10.6 Å². The van der Waals surface area contributed by atoms with Crippen LogP contribution in [0.2, 0.25) is 0 Å². The average molecular weight is 329 g/mol. The molecule has 3 rings (SSSR count). The monoisotopic (exact) mass is 328 g/mol. The van der Waals surface area contributed by atoms with Crippen LogP contribution in [-0.2, 0) is 0 Å². The van der Waals surface area contributed by atoms with Gasteiger partial charge in [0.1, 0.15) is 5.03 Å². The maximum Gasteiger partial charge on any atom is 0.113 e. The third-order valence-corrected chi connectivity index (χ3v) is 8.74. The van der Waals surface area contributed by atoms with Gasteiger partial charge in [0.25, 0.3) is 0 Å². The van der Waals surface area contributed by atoms with E-state index in [0.717, 1.165) is 43.0 Å². The Hall–Kier alpha value is -0.560. The van der Waals surface area contributed by atoms with Gasteiger partial charge in [-0.05, 0) is 52.1 Å². The molecule has 0 bridgehead atoms. The third-order valence-electron chi connectivity index (χ3n) is 3.34. The predicted molar refractivity (Wildman–Crippen MR) is 87.9 cm³/mol. The van der Waals surface area contributed by atoms with Crippen molar-refractivity contribution >= 4 is 33.5 Å². The van der Waals surface area contributed by atoms with Crippen molar-refractivity contribution in [2.75, 3.05) is 12.0 Å². The van der Waals surface area contributed by atoms with E-state index in [1.807, 2.05) is 29.8 Å².